The van der Waals surface area contributed by atoms with Gasteiger partial charge in [0.1, 0.15) is 5.52 Å². The van der Waals surface area contributed by atoms with Gasteiger partial charge >= 0.3 is 5.69 Å². The van der Waals surface area contributed by atoms with Gasteiger partial charge in [-0.15, -0.1) is 0 Å². The summed E-state index contributed by atoms with van der Waals surface area (Å²) in [5, 5.41) is 12.2. The van der Waals surface area contributed by atoms with E-state index in [1.54, 1.807) is 19.1 Å². The summed E-state index contributed by atoms with van der Waals surface area (Å²) in [5.74, 6) is -0.410. The van der Waals surface area contributed by atoms with Crippen molar-refractivity contribution >= 4 is 16.8 Å². The molecule has 0 saturated carbocycles. The predicted octanol–water partition coefficient (Wildman–Crippen LogP) is 2.03. The van der Waals surface area contributed by atoms with Crippen LogP contribution in [0.2, 0.25) is 0 Å². The van der Waals surface area contributed by atoms with Crippen molar-refractivity contribution in [3.8, 4) is 0 Å². The molecule has 0 amide bonds. The third-order valence-electron chi connectivity index (χ3n) is 3.29. The van der Waals surface area contributed by atoms with E-state index in [2.05, 4.69) is 0 Å². The molecule has 0 aliphatic carbocycles. The van der Waals surface area contributed by atoms with Crippen LogP contribution < -0.4 is 4.43 Å². The molecule has 1 aromatic carbocycles. The number of aromatic nitrogens is 2. The number of aryl methyl sites for hydroxylation is 2. The second-order valence-electron chi connectivity index (χ2n) is 4.45. The zero-order valence-electron chi connectivity index (χ0n) is 10.8. The lowest BCUT2D eigenvalue weighted by Gasteiger charge is -2.18. The largest absolute Gasteiger partial charge is 0.805 e. The zero-order chi connectivity index (χ0) is 13.6. The first-order valence-electron chi connectivity index (χ1n) is 5.62. The molecule has 2 rings (SSSR count). The first kappa shape index (κ1) is 12.3. The molecule has 0 spiro atoms. The molecule has 0 fully saturated rings. The summed E-state index contributed by atoms with van der Waals surface area (Å²) in [6, 6.07) is 3.34. The molecule has 0 atom stereocenters. The van der Waals surface area contributed by atoms with E-state index in [0.29, 0.717) is 14.7 Å². The Morgan fingerprint density at radius 2 is 1.89 bits per heavy atom. The molecule has 0 radical (unpaired) electrons. The van der Waals surface area contributed by atoms with Gasteiger partial charge in [-0.1, -0.05) is 6.07 Å². The molecule has 0 unspecified atom stereocenters. The topological polar surface area (TPSA) is 68.0 Å². The van der Waals surface area contributed by atoms with E-state index in [1.807, 2.05) is 6.92 Å². The van der Waals surface area contributed by atoms with Crippen LogP contribution in [0.1, 0.15) is 34.2 Å². The molecular formula is C13H14N2O3. The molecule has 0 N–H and O–H groups in total. The number of hydrogen-bond donors (Lipinski definition) is 0. The van der Waals surface area contributed by atoms with Crippen LogP contribution in [0.15, 0.2) is 12.1 Å². The predicted molar refractivity (Wildman–Crippen MR) is 68.3 cm³/mol. The lowest BCUT2D eigenvalue weighted by molar-refractivity contribution is -0.468. The van der Waals surface area contributed by atoms with Crippen LogP contribution in [0.4, 0.5) is 0 Å². The maximum Gasteiger partial charge on any atom is 0.324 e. The standard InChI is InChI=1S/C13H14N2O3/c1-7-5-6-11-12(8(7)2)14(17)9(3)13(10(4)16)15(11)18/h5-6H,1-4H3. The van der Waals surface area contributed by atoms with E-state index in [9.17, 15) is 14.9 Å². The summed E-state index contributed by atoms with van der Waals surface area (Å²) >= 11 is 0. The van der Waals surface area contributed by atoms with Gasteiger partial charge < -0.3 is 9.94 Å². The van der Waals surface area contributed by atoms with E-state index in [0.717, 1.165) is 11.1 Å². The number of ketones is 1. The molecule has 1 heterocycles. The first-order valence-corrected chi connectivity index (χ1v) is 5.62. The summed E-state index contributed by atoms with van der Waals surface area (Å²) in [6.07, 6.45) is 0. The van der Waals surface area contributed by atoms with E-state index in [1.165, 1.54) is 13.8 Å². The number of nitrogens with zero attached hydrogens (tertiary/aromatic N) is 2. The number of rotatable bonds is 1. The molecule has 0 aliphatic rings. The van der Waals surface area contributed by atoms with Gasteiger partial charge in [0.25, 0.3) is 5.52 Å². The van der Waals surface area contributed by atoms with Crippen molar-refractivity contribution in [2.75, 3.05) is 0 Å². The Labute approximate surface area is 104 Å². The van der Waals surface area contributed by atoms with Crippen molar-refractivity contribution in [3.63, 3.8) is 0 Å². The minimum atomic E-state index is -0.410. The molecule has 0 aliphatic heterocycles. The van der Waals surface area contributed by atoms with Crippen molar-refractivity contribution in [3.05, 3.63) is 44.8 Å². The van der Waals surface area contributed by atoms with E-state index < -0.39 is 5.78 Å². The second-order valence-corrected chi connectivity index (χ2v) is 4.45. The Morgan fingerprint density at radius 1 is 1.28 bits per heavy atom. The molecule has 2 aromatic rings. The van der Waals surface area contributed by atoms with E-state index >= 15 is 0 Å². The normalized spacial score (nSPS) is 10.9. The first-order chi connectivity index (χ1) is 8.36. The van der Waals surface area contributed by atoms with Gasteiger partial charge in [-0.2, -0.15) is 0 Å². The van der Waals surface area contributed by atoms with Crippen LogP contribution in [0.25, 0.3) is 11.0 Å². The highest BCUT2D eigenvalue weighted by molar-refractivity contribution is 5.93. The minimum Gasteiger partial charge on any atom is -0.805 e. The van der Waals surface area contributed by atoms with Crippen LogP contribution in [-0.4, -0.2) is 10.5 Å². The lowest BCUT2D eigenvalue weighted by Crippen LogP contribution is -2.29. The highest BCUT2D eigenvalue weighted by atomic mass is 16.5. The number of benzene rings is 1. The highest BCUT2D eigenvalue weighted by Crippen LogP contribution is 2.20. The average molecular weight is 246 g/mol. The van der Waals surface area contributed by atoms with Crippen molar-refractivity contribution in [1.29, 1.82) is 0 Å². The summed E-state index contributed by atoms with van der Waals surface area (Å²) in [5.41, 5.74) is 2.28. The zero-order valence-corrected chi connectivity index (χ0v) is 10.8. The van der Waals surface area contributed by atoms with Crippen LogP contribution in [0.3, 0.4) is 0 Å². The molecule has 0 saturated heterocycles. The number of hydrogen-bond acceptors (Lipinski definition) is 3. The van der Waals surface area contributed by atoms with Gasteiger partial charge in [0.2, 0.25) is 5.78 Å². The van der Waals surface area contributed by atoms with Crippen LogP contribution in [0.5, 0.6) is 0 Å². The summed E-state index contributed by atoms with van der Waals surface area (Å²) in [4.78, 5) is 23.6. The maximum atomic E-state index is 12.2. The lowest BCUT2D eigenvalue weighted by atomic mass is 10.1. The highest BCUT2D eigenvalue weighted by Gasteiger charge is 2.24. The van der Waals surface area contributed by atoms with E-state index in [-0.39, 0.29) is 16.9 Å². The molecule has 1 aromatic heterocycles. The van der Waals surface area contributed by atoms with Gasteiger partial charge in [-0.25, -0.2) is 0 Å². The smallest absolute Gasteiger partial charge is 0.324 e. The Hall–Kier alpha value is -2.17. The molecule has 5 nitrogen and oxygen atoms in total. The number of fused-ring (bicyclic) bond motifs is 1. The fourth-order valence-corrected chi connectivity index (χ4v) is 2.14. The fraction of sp³-hybridized carbons (Fsp3) is 0.308. The third kappa shape index (κ3) is 1.51. The van der Waals surface area contributed by atoms with Crippen molar-refractivity contribution in [2.45, 2.75) is 27.7 Å². The summed E-state index contributed by atoms with van der Waals surface area (Å²) in [6.45, 7) is 6.43. The Kier molecular flexibility index (Phi) is 2.69. The van der Waals surface area contributed by atoms with Gasteiger partial charge in [0.15, 0.2) is 0 Å². The summed E-state index contributed by atoms with van der Waals surface area (Å²) in [7, 11) is 0. The monoisotopic (exact) mass is 246 g/mol. The fourth-order valence-electron chi connectivity index (χ4n) is 2.14. The second kappa shape index (κ2) is 3.94. The van der Waals surface area contributed by atoms with Gasteiger partial charge in [-0.3, -0.25) is 4.79 Å². The Morgan fingerprint density at radius 3 is 2.44 bits per heavy atom. The van der Waals surface area contributed by atoms with Crippen molar-refractivity contribution in [2.24, 2.45) is 0 Å². The summed E-state index contributed by atoms with van der Waals surface area (Å²) < 4.78 is 1.22. The quantitative estimate of drug-likeness (QED) is 0.571. The maximum absolute atomic E-state index is 12.2. The van der Waals surface area contributed by atoms with Crippen molar-refractivity contribution in [1.82, 2.24) is 4.73 Å². The van der Waals surface area contributed by atoms with Crippen LogP contribution in [-0.2, 0) is 0 Å². The molecule has 94 valence electrons. The van der Waals surface area contributed by atoms with Gasteiger partial charge in [0, 0.05) is 17.9 Å². The number of Topliss-reactive ketones (excluding diaryl/α,β-unsaturated/α-hetero) is 1. The molecular weight excluding hydrogens is 232 g/mol. The van der Waals surface area contributed by atoms with Crippen LogP contribution in [0, 0.1) is 30.9 Å². The molecule has 18 heavy (non-hydrogen) atoms. The van der Waals surface area contributed by atoms with Gasteiger partial charge in [0.05, 0.1) is 10.1 Å². The SMILES string of the molecule is CC(=O)c1c(C)n([O-])c2c(C)c(C)ccc2[n+]1=O. The van der Waals surface area contributed by atoms with E-state index in [4.69, 9.17) is 0 Å². The van der Waals surface area contributed by atoms with Crippen LogP contribution >= 0.6 is 0 Å². The molecule has 5 heteroatoms. The Balaban J connectivity index is 3.13. The third-order valence-corrected chi connectivity index (χ3v) is 3.29. The van der Waals surface area contributed by atoms with Gasteiger partial charge in [-0.05, 0) is 31.9 Å². The number of carbonyl (C=O) groups excluding carboxylic acids is 1. The molecule has 0 bridgehead atoms. The minimum absolute atomic E-state index is 0.0965. The number of carbonyl (C=O) groups is 1. The Bertz CT molecular complexity index is 729. The van der Waals surface area contributed by atoms with Crippen molar-refractivity contribution < 1.29 is 9.22 Å². The average Bonchev–Trinajstić information content (AvgIpc) is 2.29.